The molecule has 10 rings (SSSR count). The van der Waals surface area contributed by atoms with Gasteiger partial charge in [0.25, 0.3) is 0 Å². The number of benzene rings is 9. The number of nitrogens with zero attached hydrogens (tertiary/aromatic N) is 1. The van der Waals surface area contributed by atoms with E-state index in [1.807, 2.05) is 12.1 Å². The quantitative estimate of drug-likeness (QED) is 0.174. The van der Waals surface area contributed by atoms with Crippen LogP contribution in [-0.4, -0.2) is 0 Å². The molecule has 0 bridgehead atoms. The zero-order chi connectivity index (χ0) is 35.3. The van der Waals surface area contributed by atoms with Gasteiger partial charge in [0.2, 0.25) is 0 Å². The molecule has 0 aliphatic rings. The number of fused-ring (bicyclic) bond motifs is 5. The molecule has 0 saturated heterocycles. The highest BCUT2D eigenvalue weighted by Gasteiger charge is 2.21. The molecule has 10 aromatic rings. The first-order valence-electron chi connectivity index (χ1n) is 18.2. The molecule has 0 fully saturated rings. The first-order chi connectivity index (χ1) is 26.2. The summed E-state index contributed by atoms with van der Waals surface area (Å²) in [5.41, 5.74) is 13.5. The van der Waals surface area contributed by atoms with Gasteiger partial charge in [0.05, 0.1) is 11.1 Å². The van der Waals surface area contributed by atoms with Gasteiger partial charge < -0.3 is 9.32 Å². The van der Waals surface area contributed by atoms with Crippen LogP contribution in [0.2, 0.25) is 0 Å². The Morgan fingerprint density at radius 2 is 0.887 bits per heavy atom. The Hall–Kier alpha value is -6.90. The van der Waals surface area contributed by atoms with E-state index in [0.29, 0.717) is 0 Å². The number of hydrogen-bond donors (Lipinski definition) is 0. The van der Waals surface area contributed by atoms with Crippen molar-refractivity contribution in [3.05, 3.63) is 200 Å². The largest absolute Gasteiger partial charge is 0.456 e. The maximum absolute atomic E-state index is 6.38. The van der Waals surface area contributed by atoms with Crippen molar-refractivity contribution in [2.24, 2.45) is 0 Å². The molecule has 0 spiro atoms. The van der Waals surface area contributed by atoms with E-state index in [1.54, 1.807) is 0 Å². The monoisotopic (exact) mass is 677 g/mol. The molecule has 2 heteroatoms. The average molecular weight is 678 g/mol. The molecule has 0 aliphatic heterocycles. The van der Waals surface area contributed by atoms with Crippen LogP contribution in [0.1, 0.15) is 5.56 Å². The van der Waals surface area contributed by atoms with Crippen LogP contribution in [-0.2, 0) is 0 Å². The van der Waals surface area contributed by atoms with E-state index in [9.17, 15) is 0 Å². The molecule has 0 atom stereocenters. The first-order valence-corrected chi connectivity index (χ1v) is 18.2. The lowest BCUT2D eigenvalue weighted by Crippen LogP contribution is -2.11. The molecule has 9 aromatic carbocycles. The highest BCUT2D eigenvalue weighted by Crippen LogP contribution is 2.45. The third kappa shape index (κ3) is 5.35. The van der Waals surface area contributed by atoms with Crippen LogP contribution in [0.3, 0.4) is 0 Å². The maximum atomic E-state index is 6.38. The molecular formula is C51H35NO. The highest BCUT2D eigenvalue weighted by molar-refractivity contribution is 6.13. The Bertz CT molecular complexity index is 2940. The summed E-state index contributed by atoms with van der Waals surface area (Å²) in [6.07, 6.45) is 0. The Kier molecular flexibility index (Phi) is 7.40. The van der Waals surface area contributed by atoms with Gasteiger partial charge in [-0.3, -0.25) is 0 Å². The maximum Gasteiger partial charge on any atom is 0.137 e. The Morgan fingerprint density at radius 1 is 0.377 bits per heavy atom. The van der Waals surface area contributed by atoms with Crippen LogP contribution < -0.4 is 4.90 Å². The molecule has 53 heavy (non-hydrogen) atoms. The highest BCUT2D eigenvalue weighted by atomic mass is 16.3. The van der Waals surface area contributed by atoms with Gasteiger partial charge in [-0.2, -0.15) is 0 Å². The van der Waals surface area contributed by atoms with Crippen molar-refractivity contribution in [2.45, 2.75) is 6.92 Å². The van der Waals surface area contributed by atoms with E-state index < -0.39 is 0 Å². The van der Waals surface area contributed by atoms with E-state index in [-0.39, 0.29) is 0 Å². The standard InChI is InChI=1S/C51H35NO/c1-34-33-40(35-23-25-38(26-24-35)44-18-8-13-36-11-2-4-15-42(36)44)29-32-47(34)52(48-20-10-22-50-51(48)46-17-6-7-21-49(46)53-50)41-30-27-39(28-31-41)45-19-9-14-37-12-3-5-16-43(37)45/h2-33H,1H3. The van der Waals surface area contributed by atoms with Crippen molar-refractivity contribution in [1.29, 1.82) is 0 Å². The summed E-state index contributed by atoms with van der Waals surface area (Å²) >= 11 is 0. The van der Waals surface area contributed by atoms with Gasteiger partial charge in [0.1, 0.15) is 11.2 Å². The zero-order valence-electron chi connectivity index (χ0n) is 29.3. The minimum atomic E-state index is 0.877. The molecule has 1 heterocycles. The normalized spacial score (nSPS) is 11.5. The summed E-state index contributed by atoms with van der Waals surface area (Å²) in [5, 5.41) is 7.24. The number of hydrogen-bond acceptors (Lipinski definition) is 2. The van der Waals surface area contributed by atoms with Crippen LogP contribution >= 0.6 is 0 Å². The van der Waals surface area contributed by atoms with E-state index in [4.69, 9.17) is 4.42 Å². The van der Waals surface area contributed by atoms with Crippen LogP contribution in [0, 0.1) is 6.92 Å². The van der Waals surface area contributed by atoms with Crippen LogP contribution in [0.25, 0.3) is 76.9 Å². The summed E-state index contributed by atoms with van der Waals surface area (Å²) in [7, 11) is 0. The first kappa shape index (κ1) is 30.9. The zero-order valence-corrected chi connectivity index (χ0v) is 29.3. The number of anilines is 3. The van der Waals surface area contributed by atoms with Crippen LogP contribution in [0.4, 0.5) is 17.1 Å². The molecule has 0 unspecified atom stereocenters. The molecule has 250 valence electrons. The van der Waals surface area contributed by atoms with Gasteiger partial charge in [-0.25, -0.2) is 0 Å². The predicted octanol–water partition coefficient (Wildman–Crippen LogP) is 14.7. The molecule has 1 aromatic heterocycles. The lowest BCUT2D eigenvalue weighted by Gasteiger charge is -2.28. The van der Waals surface area contributed by atoms with Crippen LogP contribution in [0.15, 0.2) is 199 Å². The Balaban J connectivity index is 1.08. The van der Waals surface area contributed by atoms with Crippen molar-refractivity contribution in [3.8, 4) is 33.4 Å². The third-order valence-electron chi connectivity index (χ3n) is 10.6. The number of para-hydroxylation sites is 1. The van der Waals surface area contributed by atoms with Crippen molar-refractivity contribution in [1.82, 2.24) is 0 Å². The fraction of sp³-hybridized carbons (Fsp3) is 0.0196. The number of furan rings is 1. The fourth-order valence-corrected chi connectivity index (χ4v) is 8.02. The molecule has 0 saturated carbocycles. The van der Waals surface area contributed by atoms with Gasteiger partial charge in [-0.15, -0.1) is 0 Å². The van der Waals surface area contributed by atoms with Crippen LogP contribution in [0.5, 0.6) is 0 Å². The van der Waals surface area contributed by atoms with Gasteiger partial charge in [-0.1, -0.05) is 152 Å². The SMILES string of the molecule is Cc1cc(-c2ccc(-c3cccc4ccccc34)cc2)ccc1N(c1ccc(-c2cccc3ccccc23)cc1)c1cccc2oc3ccccc3c12. The molecule has 0 radical (unpaired) electrons. The Labute approximate surface area is 308 Å². The summed E-state index contributed by atoms with van der Waals surface area (Å²) < 4.78 is 6.38. The summed E-state index contributed by atoms with van der Waals surface area (Å²) in [6, 6.07) is 69.8. The van der Waals surface area contributed by atoms with E-state index in [2.05, 4.69) is 194 Å². The summed E-state index contributed by atoms with van der Waals surface area (Å²) in [5.74, 6) is 0. The second kappa shape index (κ2) is 12.7. The lowest BCUT2D eigenvalue weighted by molar-refractivity contribution is 0.669. The predicted molar refractivity (Wildman–Crippen MR) is 224 cm³/mol. The van der Waals surface area contributed by atoms with E-state index >= 15 is 0 Å². The van der Waals surface area contributed by atoms with E-state index in [1.165, 1.54) is 60.5 Å². The van der Waals surface area contributed by atoms with E-state index in [0.717, 1.165) is 39.0 Å². The van der Waals surface area contributed by atoms with Gasteiger partial charge >= 0.3 is 0 Å². The fourth-order valence-electron chi connectivity index (χ4n) is 8.02. The molecule has 0 amide bonds. The average Bonchev–Trinajstić information content (AvgIpc) is 3.61. The molecular weight excluding hydrogens is 643 g/mol. The van der Waals surface area contributed by atoms with Crippen molar-refractivity contribution >= 4 is 60.5 Å². The Morgan fingerprint density at radius 3 is 1.55 bits per heavy atom. The van der Waals surface area contributed by atoms with Gasteiger partial charge in [0, 0.05) is 16.8 Å². The van der Waals surface area contributed by atoms with Crippen molar-refractivity contribution < 1.29 is 4.42 Å². The molecule has 0 aliphatic carbocycles. The van der Waals surface area contributed by atoms with Crippen molar-refractivity contribution in [3.63, 3.8) is 0 Å². The third-order valence-corrected chi connectivity index (χ3v) is 10.6. The van der Waals surface area contributed by atoms with Gasteiger partial charge in [0.15, 0.2) is 0 Å². The second-order valence-electron chi connectivity index (χ2n) is 13.8. The minimum Gasteiger partial charge on any atom is -0.456 e. The molecule has 0 N–H and O–H groups in total. The smallest absolute Gasteiger partial charge is 0.137 e. The second-order valence-corrected chi connectivity index (χ2v) is 13.8. The number of rotatable bonds is 6. The summed E-state index contributed by atoms with van der Waals surface area (Å²) in [6.45, 7) is 2.22. The van der Waals surface area contributed by atoms with Gasteiger partial charge in [-0.05, 0) is 110 Å². The summed E-state index contributed by atoms with van der Waals surface area (Å²) in [4.78, 5) is 2.39. The topological polar surface area (TPSA) is 16.4 Å². The minimum absolute atomic E-state index is 0.877. The van der Waals surface area contributed by atoms with Crippen molar-refractivity contribution in [2.75, 3.05) is 4.90 Å². The number of aryl methyl sites for hydroxylation is 1. The molecule has 2 nitrogen and oxygen atoms in total. The lowest BCUT2D eigenvalue weighted by atomic mass is 9.95.